The Labute approximate surface area is 225 Å². The highest BCUT2D eigenvalue weighted by Crippen LogP contribution is 2.52. The lowest BCUT2D eigenvalue weighted by atomic mass is 9.76. The molecule has 4 aliphatic rings. The second-order valence-electron chi connectivity index (χ2n) is 11.7. The first-order chi connectivity index (χ1) is 18.7. The smallest absolute Gasteiger partial charge is 0.283 e. The first kappa shape index (κ1) is 26.8. The largest absolute Gasteiger partial charge is 0.390 e. The van der Waals surface area contributed by atoms with Crippen molar-refractivity contribution in [3.63, 3.8) is 0 Å². The minimum absolute atomic E-state index is 0.00282. The normalized spacial score (nSPS) is 26.7. The van der Waals surface area contributed by atoms with E-state index in [1.165, 1.54) is 28.2 Å². The number of hydrogen-bond donors (Lipinski definition) is 3. The number of benzene rings is 2. The molecule has 0 spiro atoms. The van der Waals surface area contributed by atoms with Gasteiger partial charge in [-0.15, -0.1) is 0 Å². The van der Waals surface area contributed by atoms with Crippen LogP contribution in [0.1, 0.15) is 54.0 Å². The summed E-state index contributed by atoms with van der Waals surface area (Å²) in [7, 11) is 0. The van der Waals surface area contributed by atoms with E-state index in [0.717, 1.165) is 24.1 Å². The van der Waals surface area contributed by atoms with Crippen molar-refractivity contribution in [2.24, 2.45) is 0 Å². The Bertz CT molecular complexity index is 1210. The van der Waals surface area contributed by atoms with Gasteiger partial charge in [0.15, 0.2) is 0 Å². The van der Waals surface area contributed by atoms with Crippen LogP contribution in [0.2, 0.25) is 0 Å². The number of nitrogens with one attached hydrogen (secondary N) is 2. The number of aliphatic hydroxyl groups excluding tert-OH is 1. The highest BCUT2D eigenvalue weighted by Gasteiger charge is 2.51. The maximum Gasteiger partial charge on any atom is 0.283 e. The van der Waals surface area contributed by atoms with Gasteiger partial charge in [0.25, 0.3) is 5.92 Å². The van der Waals surface area contributed by atoms with Gasteiger partial charge in [0.1, 0.15) is 18.2 Å². The van der Waals surface area contributed by atoms with Crippen molar-refractivity contribution in [1.82, 2.24) is 9.80 Å². The molecule has 2 unspecified atom stereocenters. The highest BCUT2D eigenvalue weighted by molar-refractivity contribution is 5.65. The Balaban J connectivity index is 1.31. The fourth-order valence-electron chi connectivity index (χ4n) is 6.96. The molecule has 10 heteroatoms. The van der Waals surface area contributed by atoms with Crippen LogP contribution in [0.4, 0.5) is 33.3 Å². The summed E-state index contributed by atoms with van der Waals surface area (Å²) >= 11 is 0. The predicted octanol–water partition coefficient (Wildman–Crippen LogP) is 4.86. The molecule has 2 fully saturated rings. The lowest BCUT2D eigenvalue weighted by Crippen LogP contribution is -2.55. The average Bonchev–Trinajstić information content (AvgIpc) is 3.19. The topological polar surface area (TPSA) is 50.8 Å². The zero-order chi connectivity index (χ0) is 27.5. The second-order valence-corrected chi connectivity index (χ2v) is 11.7. The summed E-state index contributed by atoms with van der Waals surface area (Å²) in [5.41, 5.74) is 4.59. The van der Waals surface area contributed by atoms with Crippen molar-refractivity contribution in [3.8, 4) is 0 Å². The Morgan fingerprint density at radius 1 is 1.08 bits per heavy atom. The zero-order valence-electron chi connectivity index (χ0n) is 22.0. The number of rotatable bonds is 9. The number of likely N-dealkylation sites (tertiary alicyclic amines) is 2. The van der Waals surface area contributed by atoms with Crippen molar-refractivity contribution in [2.75, 3.05) is 50.1 Å². The van der Waals surface area contributed by atoms with Gasteiger partial charge in [-0.25, -0.2) is 17.6 Å². The third-order valence-electron chi connectivity index (χ3n) is 9.01. The van der Waals surface area contributed by atoms with Crippen molar-refractivity contribution >= 4 is 11.4 Å². The number of alkyl halides is 3. The maximum absolute atomic E-state index is 15.8. The Morgan fingerprint density at radius 2 is 1.77 bits per heavy atom. The number of fused-ring (bicyclic) bond motifs is 4. The number of hydrogen-bond acceptors (Lipinski definition) is 5. The van der Waals surface area contributed by atoms with Gasteiger partial charge >= 0.3 is 0 Å². The Morgan fingerprint density at radius 3 is 2.41 bits per heavy atom. The van der Waals surface area contributed by atoms with E-state index >= 15 is 8.78 Å². The van der Waals surface area contributed by atoms with E-state index in [1.54, 1.807) is 0 Å². The van der Waals surface area contributed by atoms with Gasteiger partial charge < -0.3 is 15.7 Å². The van der Waals surface area contributed by atoms with E-state index in [2.05, 4.69) is 27.7 Å². The third kappa shape index (κ3) is 4.89. The molecule has 0 aromatic heterocycles. The van der Waals surface area contributed by atoms with Crippen molar-refractivity contribution < 1.29 is 27.1 Å². The lowest BCUT2D eigenvalue weighted by molar-refractivity contribution is -0.0971. The van der Waals surface area contributed by atoms with Crippen LogP contribution >= 0.6 is 0 Å². The Hall–Kier alpha value is -2.43. The van der Waals surface area contributed by atoms with Crippen LogP contribution in [0.25, 0.3) is 0 Å². The van der Waals surface area contributed by atoms with Crippen molar-refractivity contribution in [3.05, 3.63) is 58.2 Å². The van der Waals surface area contributed by atoms with E-state index in [9.17, 15) is 18.3 Å². The van der Waals surface area contributed by atoms with Crippen molar-refractivity contribution in [2.45, 2.75) is 68.6 Å². The molecule has 6 rings (SSSR count). The molecule has 3 heterocycles. The Kier molecular flexibility index (Phi) is 7.00. The van der Waals surface area contributed by atoms with Gasteiger partial charge in [0.05, 0.1) is 31.3 Å². The molecule has 5 nitrogen and oxygen atoms in total. The van der Waals surface area contributed by atoms with Crippen LogP contribution in [-0.4, -0.2) is 78.4 Å². The van der Waals surface area contributed by atoms with Crippen molar-refractivity contribution in [1.29, 1.82) is 0 Å². The molecule has 0 amide bonds. The summed E-state index contributed by atoms with van der Waals surface area (Å²) in [5.74, 6) is -5.07. The van der Waals surface area contributed by atoms with E-state index in [-0.39, 0.29) is 24.2 Å². The summed E-state index contributed by atoms with van der Waals surface area (Å²) in [6.07, 6.45) is 3.00. The first-order valence-corrected chi connectivity index (χ1v) is 13.9. The summed E-state index contributed by atoms with van der Waals surface area (Å²) < 4.78 is 73.2. The van der Waals surface area contributed by atoms with Crippen LogP contribution in [0.5, 0.6) is 0 Å². The van der Waals surface area contributed by atoms with Gasteiger partial charge in [-0.05, 0) is 67.5 Å². The quantitative estimate of drug-likeness (QED) is 0.390. The number of aryl methyl sites for hydroxylation is 2. The second kappa shape index (κ2) is 10.2. The fourth-order valence-corrected chi connectivity index (χ4v) is 6.96. The molecule has 3 N–H and O–H groups in total. The molecule has 0 radical (unpaired) electrons. The summed E-state index contributed by atoms with van der Waals surface area (Å²) in [6, 6.07) is 4.86. The van der Waals surface area contributed by atoms with E-state index in [4.69, 9.17) is 0 Å². The standard InChI is InChI=1S/C29H35F5N4O/c1-16-7-22-21-8-17-3-4-18(17)9-25(21)36-27(22)28(38(16)14-29(33,34)15-39)26-23(31)10-19(11-24(26)32)35-20-12-37(13-20)6-2-5-30/h8-11,16,20,22,27-28,35-36,39H,2-7,12-15H2,1H3/t16-,22?,27?,28-/m0/s1. The zero-order valence-corrected chi connectivity index (χ0v) is 22.0. The number of piperidine rings is 1. The third-order valence-corrected chi connectivity index (χ3v) is 9.01. The monoisotopic (exact) mass is 550 g/mol. The van der Waals surface area contributed by atoms with Crippen LogP contribution < -0.4 is 10.6 Å². The number of anilines is 2. The minimum Gasteiger partial charge on any atom is -0.390 e. The molecule has 2 saturated heterocycles. The van der Waals surface area contributed by atoms with E-state index in [0.29, 0.717) is 38.2 Å². The highest BCUT2D eigenvalue weighted by atomic mass is 19.3. The van der Waals surface area contributed by atoms with Crippen LogP contribution in [0.15, 0.2) is 24.3 Å². The number of nitrogens with zero attached hydrogens (tertiary/aromatic N) is 2. The minimum atomic E-state index is -3.42. The van der Waals surface area contributed by atoms with Crippen LogP contribution in [-0.2, 0) is 12.8 Å². The average molecular weight is 551 g/mol. The summed E-state index contributed by atoms with van der Waals surface area (Å²) in [5, 5.41) is 15.9. The molecule has 4 atom stereocenters. The lowest BCUT2D eigenvalue weighted by Gasteiger charge is -2.48. The predicted molar refractivity (Wildman–Crippen MR) is 140 cm³/mol. The summed E-state index contributed by atoms with van der Waals surface area (Å²) in [4.78, 5) is 3.53. The molecular weight excluding hydrogens is 515 g/mol. The van der Waals surface area contributed by atoms with Gasteiger partial charge in [-0.3, -0.25) is 14.2 Å². The van der Waals surface area contributed by atoms with Crippen LogP contribution in [0.3, 0.4) is 0 Å². The molecule has 0 saturated carbocycles. The van der Waals surface area contributed by atoms with Gasteiger partial charge in [-0.2, -0.15) is 0 Å². The molecule has 1 aliphatic carbocycles. The fraction of sp³-hybridized carbons (Fsp3) is 0.586. The molecule has 212 valence electrons. The van der Waals surface area contributed by atoms with Crippen LogP contribution in [0, 0.1) is 11.6 Å². The maximum atomic E-state index is 15.8. The van der Waals surface area contributed by atoms with E-state index < -0.39 is 48.8 Å². The molecule has 0 bridgehead atoms. The van der Waals surface area contributed by atoms with E-state index in [1.807, 2.05) is 6.92 Å². The SMILES string of the molecule is C[C@H]1CC2c3cc4c(cc3NC2[C@H](c2c(F)cc(NC3CN(CCCF)C3)cc2F)N1CC(F)(F)CO)CC4. The summed E-state index contributed by atoms with van der Waals surface area (Å²) in [6.45, 7) is 1.25. The molecular formula is C29H35F5N4O. The first-order valence-electron chi connectivity index (χ1n) is 13.9. The number of halogens is 5. The van der Waals surface area contributed by atoms with Gasteiger partial charge in [0.2, 0.25) is 0 Å². The molecule has 2 aromatic carbocycles. The van der Waals surface area contributed by atoms with Gasteiger partial charge in [-0.1, -0.05) is 6.07 Å². The molecule has 39 heavy (non-hydrogen) atoms. The molecule has 2 aromatic rings. The number of aliphatic hydroxyl groups is 1. The molecule has 3 aliphatic heterocycles. The van der Waals surface area contributed by atoms with Gasteiger partial charge in [0, 0.05) is 48.5 Å².